The molecule has 0 aliphatic carbocycles. The second-order valence-electron chi connectivity index (χ2n) is 5.28. The van der Waals surface area contributed by atoms with Crippen molar-refractivity contribution in [3.63, 3.8) is 0 Å². The van der Waals surface area contributed by atoms with E-state index in [9.17, 15) is 13.6 Å². The van der Waals surface area contributed by atoms with Gasteiger partial charge in [0, 0.05) is 32.2 Å². The summed E-state index contributed by atoms with van der Waals surface area (Å²) in [6.45, 7) is 0.707. The Labute approximate surface area is 122 Å². The van der Waals surface area contributed by atoms with E-state index in [1.54, 1.807) is 12.0 Å². The lowest BCUT2D eigenvalue weighted by Gasteiger charge is -2.34. The molecule has 0 bridgehead atoms. The average molecular weight is 298 g/mol. The summed E-state index contributed by atoms with van der Waals surface area (Å²) >= 11 is 0. The molecule has 6 heteroatoms. The van der Waals surface area contributed by atoms with Crippen LogP contribution in [0.1, 0.15) is 30.9 Å². The third kappa shape index (κ3) is 3.77. The fourth-order valence-corrected chi connectivity index (χ4v) is 2.80. The molecule has 0 radical (unpaired) electrons. The maximum Gasteiger partial charge on any atom is 0.223 e. The minimum atomic E-state index is -0.666. The summed E-state index contributed by atoms with van der Waals surface area (Å²) < 4.78 is 32.0. The summed E-state index contributed by atoms with van der Waals surface area (Å²) in [5, 5.41) is 0. The van der Waals surface area contributed by atoms with Crippen molar-refractivity contribution in [1.82, 2.24) is 4.90 Å². The third-order valence-electron chi connectivity index (χ3n) is 3.75. The number of hydrogen-bond donors (Lipinski definition) is 1. The smallest absolute Gasteiger partial charge is 0.223 e. The molecule has 1 amide bonds. The molecule has 1 aliphatic heterocycles. The van der Waals surface area contributed by atoms with Crippen LogP contribution in [0.2, 0.25) is 0 Å². The van der Waals surface area contributed by atoms with E-state index in [0.29, 0.717) is 38.0 Å². The predicted molar refractivity (Wildman–Crippen MR) is 74.5 cm³/mol. The number of amides is 1. The zero-order valence-electron chi connectivity index (χ0n) is 12.0. The van der Waals surface area contributed by atoms with Gasteiger partial charge in [0.1, 0.15) is 11.6 Å². The summed E-state index contributed by atoms with van der Waals surface area (Å²) in [6, 6.07) is 2.42. The zero-order chi connectivity index (χ0) is 15.4. The minimum Gasteiger partial charge on any atom is -0.383 e. The maximum atomic E-state index is 13.5. The molecule has 0 saturated carbocycles. The molecule has 1 aromatic carbocycles. The Balaban J connectivity index is 2.38. The number of nitrogens with two attached hydrogens (primary N) is 1. The first-order chi connectivity index (χ1) is 10.0. The van der Waals surface area contributed by atoms with E-state index in [4.69, 9.17) is 10.5 Å². The van der Waals surface area contributed by atoms with Crippen molar-refractivity contribution in [3.05, 3.63) is 35.4 Å². The average Bonchev–Trinajstić information content (AvgIpc) is 2.54. The highest BCUT2D eigenvalue weighted by Gasteiger charge is 2.33. The van der Waals surface area contributed by atoms with Crippen molar-refractivity contribution in [1.29, 1.82) is 0 Å². The van der Waals surface area contributed by atoms with Crippen molar-refractivity contribution in [2.75, 3.05) is 20.3 Å². The summed E-state index contributed by atoms with van der Waals surface area (Å²) in [7, 11) is 1.54. The second-order valence-corrected chi connectivity index (χ2v) is 5.28. The van der Waals surface area contributed by atoms with Gasteiger partial charge in [-0.2, -0.15) is 0 Å². The van der Waals surface area contributed by atoms with Gasteiger partial charge in [-0.15, -0.1) is 0 Å². The molecule has 1 aromatic rings. The van der Waals surface area contributed by atoms with E-state index >= 15 is 0 Å². The molecular weight excluding hydrogens is 278 g/mol. The number of benzene rings is 1. The van der Waals surface area contributed by atoms with Crippen molar-refractivity contribution in [2.45, 2.75) is 31.3 Å². The van der Waals surface area contributed by atoms with Gasteiger partial charge in [-0.1, -0.05) is 0 Å². The first-order valence-corrected chi connectivity index (χ1v) is 7.03. The van der Waals surface area contributed by atoms with Crippen LogP contribution in [0.4, 0.5) is 8.78 Å². The molecule has 2 atom stereocenters. The van der Waals surface area contributed by atoms with Crippen molar-refractivity contribution in [3.8, 4) is 0 Å². The van der Waals surface area contributed by atoms with Crippen molar-refractivity contribution in [2.24, 2.45) is 5.73 Å². The highest BCUT2D eigenvalue weighted by molar-refractivity contribution is 5.77. The van der Waals surface area contributed by atoms with Crippen molar-refractivity contribution < 1.29 is 18.3 Å². The molecule has 2 rings (SSSR count). The van der Waals surface area contributed by atoms with Gasteiger partial charge >= 0.3 is 0 Å². The molecule has 2 N–H and O–H groups in total. The van der Waals surface area contributed by atoms with Crippen LogP contribution in [-0.4, -0.2) is 37.1 Å². The Hall–Kier alpha value is -1.53. The number of likely N-dealkylation sites (tertiary alicyclic amines) is 1. The number of nitrogens with zero attached hydrogens (tertiary/aromatic N) is 1. The van der Waals surface area contributed by atoms with Gasteiger partial charge in [0.2, 0.25) is 5.91 Å². The number of carbonyl (C=O) groups excluding carboxylic acids is 1. The van der Waals surface area contributed by atoms with Gasteiger partial charge < -0.3 is 15.4 Å². The van der Waals surface area contributed by atoms with Crippen LogP contribution < -0.4 is 5.73 Å². The van der Waals surface area contributed by atoms with Gasteiger partial charge in [0.25, 0.3) is 0 Å². The lowest BCUT2D eigenvalue weighted by Crippen LogP contribution is -2.43. The number of halogens is 2. The molecule has 0 spiro atoms. The Bertz CT molecular complexity index is 490. The molecule has 1 fully saturated rings. The first-order valence-electron chi connectivity index (χ1n) is 7.03. The molecule has 1 aliphatic rings. The topological polar surface area (TPSA) is 55.6 Å². The van der Waals surface area contributed by atoms with Crippen LogP contribution in [-0.2, 0) is 9.53 Å². The summed E-state index contributed by atoms with van der Waals surface area (Å²) in [6.07, 6.45) is 1.71. The second kappa shape index (κ2) is 6.95. The highest BCUT2D eigenvalue weighted by atomic mass is 19.1. The minimum absolute atomic E-state index is 0.0605. The van der Waals surface area contributed by atoms with E-state index in [1.165, 1.54) is 12.1 Å². The Morgan fingerprint density at radius 3 is 2.62 bits per heavy atom. The van der Waals surface area contributed by atoms with Gasteiger partial charge in [-0.3, -0.25) is 4.79 Å². The lowest BCUT2D eigenvalue weighted by molar-refractivity contribution is -0.134. The molecule has 116 valence electrons. The molecule has 21 heavy (non-hydrogen) atoms. The third-order valence-corrected chi connectivity index (χ3v) is 3.75. The van der Waals surface area contributed by atoms with Gasteiger partial charge in [-0.05, 0) is 30.5 Å². The normalized spacial score (nSPS) is 23.2. The van der Waals surface area contributed by atoms with E-state index in [2.05, 4.69) is 0 Å². The standard InChI is InChI=1S/C15H20F2N2O2/c1-21-6-5-19-14(20)4-2-3-13(18)15(19)10-7-11(16)9-12(17)8-10/h7-9,13,15H,2-6,18H2,1H3. The Kier molecular flexibility index (Phi) is 5.25. The largest absolute Gasteiger partial charge is 0.383 e. The number of methoxy groups -OCH3 is 1. The lowest BCUT2D eigenvalue weighted by atomic mass is 9.96. The van der Waals surface area contributed by atoms with E-state index < -0.39 is 17.7 Å². The van der Waals surface area contributed by atoms with E-state index in [1.807, 2.05) is 0 Å². The van der Waals surface area contributed by atoms with Crippen LogP contribution in [0.3, 0.4) is 0 Å². The molecule has 1 heterocycles. The Morgan fingerprint density at radius 1 is 1.33 bits per heavy atom. The summed E-state index contributed by atoms with van der Waals surface area (Å²) in [5.74, 6) is -1.39. The van der Waals surface area contributed by atoms with Crippen LogP contribution >= 0.6 is 0 Å². The number of rotatable bonds is 4. The van der Waals surface area contributed by atoms with Gasteiger partial charge in [0.15, 0.2) is 0 Å². The van der Waals surface area contributed by atoms with Crippen LogP contribution in [0, 0.1) is 11.6 Å². The SMILES string of the molecule is COCCN1C(=O)CCCC(N)C1c1cc(F)cc(F)c1. The zero-order valence-corrected chi connectivity index (χ0v) is 12.0. The van der Waals surface area contributed by atoms with Gasteiger partial charge in [-0.25, -0.2) is 8.78 Å². The monoisotopic (exact) mass is 298 g/mol. The van der Waals surface area contributed by atoms with E-state index in [-0.39, 0.29) is 11.9 Å². The molecule has 2 unspecified atom stereocenters. The van der Waals surface area contributed by atoms with E-state index in [0.717, 1.165) is 6.07 Å². The fraction of sp³-hybridized carbons (Fsp3) is 0.533. The quantitative estimate of drug-likeness (QED) is 0.925. The van der Waals surface area contributed by atoms with Crippen molar-refractivity contribution >= 4 is 5.91 Å². The number of carbonyl (C=O) groups is 1. The fourth-order valence-electron chi connectivity index (χ4n) is 2.80. The molecule has 0 aromatic heterocycles. The molecule has 1 saturated heterocycles. The predicted octanol–water partition coefficient (Wildman–Crippen LogP) is 1.99. The molecular formula is C15H20F2N2O2. The highest BCUT2D eigenvalue weighted by Crippen LogP contribution is 2.30. The maximum absolute atomic E-state index is 13.5. The van der Waals surface area contributed by atoms with Gasteiger partial charge in [0.05, 0.1) is 12.6 Å². The molecule has 4 nitrogen and oxygen atoms in total. The number of ether oxygens (including phenoxy) is 1. The van der Waals surface area contributed by atoms with Crippen LogP contribution in [0.15, 0.2) is 18.2 Å². The first kappa shape index (κ1) is 15.9. The summed E-state index contributed by atoms with van der Waals surface area (Å²) in [4.78, 5) is 13.8. The number of hydrogen-bond acceptors (Lipinski definition) is 3. The van der Waals surface area contributed by atoms with Crippen LogP contribution in [0.5, 0.6) is 0 Å². The Morgan fingerprint density at radius 2 is 2.00 bits per heavy atom. The summed E-state index contributed by atoms with van der Waals surface area (Å²) in [5.41, 5.74) is 6.55. The van der Waals surface area contributed by atoms with Crippen LogP contribution in [0.25, 0.3) is 0 Å².